The molecule has 0 nitrogen and oxygen atoms in total. The molecule has 0 aliphatic carbocycles. The van der Waals surface area contributed by atoms with Crippen LogP contribution in [0.1, 0.15) is 149 Å². The van der Waals surface area contributed by atoms with Gasteiger partial charge in [-0.1, -0.05) is 129 Å². The van der Waals surface area contributed by atoms with Crippen molar-refractivity contribution < 1.29 is 0 Å². The van der Waals surface area contributed by atoms with E-state index >= 15 is 0 Å². The van der Waals surface area contributed by atoms with Gasteiger partial charge in [0.2, 0.25) is 0 Å². The first-order valence-electron chi connectivity index (χ1n) is 11.7. The molecule has 0 N–H and O–H groups in total. The molecule has 0 aliphatic heterocycles. The number of unbranched alkanes of at least 4 members (excludes halogenated alkanes) is 18. The minimum atomic E-state index is 0.00856. The number of alkyl halides is 1. The maximum absolute atomic E-state index is 6.21. The van der Waals surface area contributed by atoms with Gasteiger partial charge in [-0.3, -0.25) is 0 Å². The molecule has 0 rings (SSSR count). The number of hydrogen-bond donors (Lipinski definition) is 0. The predicted molar refractivity (Wildman–Crippen MR) is 118 cm³/mol. The molecule has 0 atom stereocenters. The van der Waals surface area contributed by atoms with Crippen molar-refractivity contribution in [1.29, 1.82) is 0 Å². The van der Waals surface area contributed by atoms with Crippen LogP contribution in [0.5, 0.6) is 0 Å². The van der Waals surface area contributed by atoms with E-state index < -0.39 is 0 Å². The van der Waals surface area contributed by atoms with Crippen LogP contribution in [0.15, 0.2) is 0 Å². The van der Waals surface area contributed by atoms with Crippen molar-refractivity contribution in [2.24, 2.45) is 0 Å². The first-order valence-corrected chi connectivity index (χ1v) is 12.1. The van der Waals surface area contributed by atoms with Crippen LogP contribution in [0, 0.1) is 0 Å². The zero-order valence-corrected chi connectivity index (χ0v) is 18.8. The van der Waals surface area contributed by atoms with Gasteiger partial charge in [0.15, 0.2) is 0 Å². The number of hydrogen-bond acceptors (Lipinski definition) is 0. The normalized spacial score (nSPS) is 12.0. The summed E-state index contributed by atoms with van der Waals surface area (Å²) in [5.41, 5.74) is 0. The van der Waals surface area contributed by atoms with Crippen molar-refractivity contribution in [3.8, 4) is 0 Å². The van der Waals surface area contributed by atoms with Gasteiger partial charge < -0.3 is 0 Å². The highest BCUT2D eigenvalue weighted by Crippen LogP contribution is 2.21. The summed E-state index contributed by atoms with van der Waals surface area (Å²) in [6.07, 6.45) is 28.6. The van der Waals surface area contributed by atoms with E-state index in [2.05, 4.69) is 20.8 Å². The fourth-order valence-electron chi connectivity index (χ4n) is 3.62. The summed E-state index contributed by atoms with van der Waals surface area (Å²) in [6.45, 7) is 6.55. The molecular weight excluding hydrogens is 324 g/mol. The number of rotatable bonds is 20. The van der Waals surface area contributed by atoms with Gasteiger partial charge in [-0.2, -0.15) is 0 Å². The van der Waals surface area contributed by atoms with E-state index in [-0.39, 0.29) is 4.87 Å². The summed E-state index contributed by atoms with van der Waals surface area (Å²) in [5.74, 6) is 0. The molecule has 0 heterocycles. The van der Waals surface area contributed by atoms with Crippen molar-refractivity contribution in [1.82, 2.24) is 0 Å². The van der Waals surface area contributed by atoms with Gasteiger partial charge in [-0.05, 0) is 20.3 Å². The SMILES string of the molecule is CCCCCCCCCCCCCCCCCCCCCC(C)(C)Cl. The van der Waals surface area contributed by atoms with Gasteiger partial charge in [0.25, 0.3) is 0 Å². The minimum Gasteiger partial charge on any atom is -0.120 e. The Morgan fingerprint density at radius 3 is 0.920 bits per heavy atom. The van der Waals surface area contributed by atoms with Gasteiger partial charge in [0.05, 0.1) is 0 Å². The molecule has 0 aromatic rings. The lowest BCUT2D eigenvalue weighted by Crippen LogP contribution is -2.08. The minimum absolute atomic E-state index is 0.00856. The van der Waals surface area contributed by atoms with Gasteiger partial charge in [0, 0.05) is 4.87 Å². The molecule has 0 bridgehead atoms. The Balaban J connectivity index is 3.01. The van der Waals surface area contributed by atoms with Crippen LogP contribution in [0.3, 0.4) is 0 Å². The lowest BCUT2D eigenvalue weighted by molar-refractivity contribution is 0.512. The third-order valence-electron chi connectivity index (χ3n) is 5.37. The van der Waals surface area contributed by atoms with Crippen molar-refractivity contribution in [3.05, 3.63) is 0 Å². The van der Waals surface area contributed by atoms with Crippen LogP contribution in [-0.4, -0.2) is 4.87 Å². The molecule has 0 aliphatic rings. The lowest BCUT2D eigenvalue weighted by Gasteiger charge is -2.14. The maximum Gasteiger partial charge on any atom is 0.0390 e. The van der Waals surface area contributed by atoms with Gasteiger partial charge in [-0.15, -0.1) is 11.6 Å². The van der Waals surface area contributed by atoms with E-state index in [1.165, 1.54) is 122 Å². The van der Waals surface area contributed by atoms with Crippen molar-refractivity contribution in [3.63, 3.8) is 0 Å². The van der Waals surface area contributed by atoms with E-state index in [9.17, 15) is 0 Å². The monoisotopic (exact) mass is 372 g/mol. The molecular formula is C24H49Cl. The summed E-state index contributed by atoms with van der Waals surface area (Å²) in [7, 11) is 0. The molecule has 0 fully saturated rings. The van der Waals surface area contributed by atoms with Crippen molar-refractivity contribution in [2.45, 2.75) is 154 Å². The van der Waals surface area contributed by atoms with Gasteiger partial charge in [0.1, 0.15) is 0 Å². The molecule has 1 heteroatoms. The topological polar surface area (TPSA) is 0 Å². The van der Waals surface area contributed by atoms with E-state index in [0.29, 0.717) is 0 Å². The highest BCUT2D eigenvalue weighted by Gasteiger charge is 2.11. The highest BCUT2D eigenvalue weighted by atomic mass is 35.5. The standard InChI is InChI=1S/C24H49Cl/c1-4-5-6-7-8-9-10-11-12-13-14-15-16-17-18-19-20-21-22-23-24(2,3)25/h4-23H2,1-3H3. The van der Waals surface area contributed by atoms with Crippen LogP contribution in [0.25, 0.3) is 0 Å². The Morgan fingerprint density at radius 2 is 0.680 bits per heavy atom. The predicted octanol–water partition coefficient (Wildman–Crippen LogP) is 9.83. The third kappa shape index (κ3) is 24.3. The summed E-state index contributed by atoms with van der Waals surface area (Å²) in [6, 6.07) is 0. The summed E-state index contributed by atoms with van der Waals surface area (Å²) >= 11 is 6.21. The van der Waals surface area contributed by atoms with Gasteiger partial charge in [-0.25, -0.2) is 0 Å². The van der Waals surface area contributed by atoms with Crippen LogP contribution in [-0.2, 0) is 0 Å². The molecule has 0 amide bonds. The van der Waals surface area contributed by atoms with E-state index in [1.54, 1.807) is 0 Å². The second kappa shape index (κ2) is 19.1. The van der Waals surface area contributed by atoms with Crippen LogP contribution in [0.4, 0.5) is 0 Å². The van der Waals surface area contributed by atoms with Crippen molar-refractivity contribution >= 4 is 11.6 Å². The Kier molecular flexibility index (Phi) is 19.3. The Labute approximate surface area is 165 Å². The third-order valence-corrected chi connectivity index (χ3v) is 5.56. The zero-order valence-electron chi connectivity index (χ0n) is 18.0. The van der Waals surface area contributed by atoms with Crippen molar-refractivity contribution in [2.75, 3.05) is 0 Å². The summed E-state index contributed by atoms with van der Waals surface area (Å²) in [5, 5.41) is 0. The Bertz CT molecular complexity index is 241. The average molecular weight is 373 g/mol. The molecule has 0 aromatic heterocycles. The fraction of sp³-hybridized carbons (Fsp3) is 1.00. The smallest absolute Gasteiger partial charge is 0.0390 e. The largest absolute Gasteiger partial charge is 0.120 e. The summed E-state index contributed by atoms with van der Waals surface area (Å²) < 4.78 is 0. The Hall–Kier alpha value is 0.290. The first-order chi connectivity index (χ1) is 12.1. The zero-order chi connectivity index (χ0) is 18.6. The molecule has 0 aromatic carbocycles. The maximum atomic E-state index is 6.21. The second-order valence-electron chi connectivity index (χ2n) is 8.83. The Morgan fingerprint density at radius 1 is 0.440 bits per heavy atom. The molecule has 0 saturated heterocycles. The lowest BCUT2D eigenvalue weighted by atomic mass is 10.0. The van der Waals surface area contributed by atoms with Crippen LogP contribution < -0.4 is 0 Å². The quantitative estimate of drug-likeness (QED) is 0.147. The van der Waals surface area contributed by atoms with E-state index in [4.69, 9.17) is 11.6 Å². The molecule has 152 valence electrons. The molecule has 0 spiro atoms. The van der Waals surface area contributed by atoms with E-state index in [1.807, 2.05) is 0 Å². The van der Waals surface area contributed by atoms with E-state index in [0.717, 1.165) is 6.42 Å². The fourth-order valence-corrected chi connectivity index (χ4v) is 3.76. The molecule has 0 saturated carbocycles. The highest BCUT2D eigenvalue weighted by molar-refractivity contribution is 6.23. The molecule has 0 radical (unpaired) electrons. The van der Waals surface area contributed by atoms with Crippen LogP contribution >= 0.6 is 11.6 Å². The molecule has 25 heavy (non-hydrogen) atoms. The second-order valence-corrected chi connectivity index (χ2v) is 9.86. The van der Waals surface area contributed by atoms with Crippen LogP contribution in [0.2, 0.25) is 0 Å². The van der Waals surface area contributed by atoms with Gasteiger partial charge >= 0.3 is 0 Å². The average Bonchev–Trinajstić information content (AvgIpc) is 2.56. The number of halogens is 1. The molecule has 0 unspecified atom stereocenters. The first kappa shape index (κ1) is 25.3. The summed E-state index contributed by atoms with van der Waals surface area (Å²) in [4.78, 5) is 0.00856.